The van der Waals surface area contributed by atoms with Crippen molar-refractivity contribution in [3.63, 3.8) is 0 Å². The van der Waals surface area contributed by atoms with Crippen LogP contribution in [0.3, 0.4) is 0 Å². The average molecular weight is 257 g/mol. The Morgan fingerprint density at radius 1 is 1.21 bits per heavy atom. The Hall–Kier alpha value is -2.96. The van der Waals surface area contributed by atoms with E-state index < -0.39 is 4.92 Å². The van der Waals surface area contributed by atoms with E-state index in [-0.39, 0.29) is 17.3 Å². The van der Waals surface area contributed by atoms with Crippen LogP contribution in [-0.4, -0.2) is 20.0 Å². The Kier molecular flexibility index (Phi) is 2.38. The summed E-state index contributed by atoms with van der Waals surface area (Å²) in [5, 5.41) is 20.5. The lowest BCUT2D eigenvalue weighted by molar-refractivity contribution is -0.384. The fourth-order valence-corrected chi connectivity index (χ4v) is 1.73. The zero-order chi connectivity index (χ0) is 13.4. The van der Waals surface area contributed by atoms with E-state index in [4.69, 9.17) is 4.42 Å². The van der Waals surface area contributed by atoms with Gasteiger partial charge in [0.15, 0.2) is 0 Å². The second-order valence-corrected chi connectivity index (χ2v) is 3.83. The maximum Gasteiger partial charge on any atom is 0.269 e. The van der Waals surface area contributed by atoms with Crippen LogP contribution in [0.4, 0.5) is 5.69 Å². The first-order chi connectivity index (χ1) is 9.15. The molecule has 0 spiro atoms. The Morgan fingerprint density at radius 3 is 2.58 bits per heavy atom. The highest BCUT2D eigenvalue weighted by Crippen LogP contribution is 2.30. The molecule has 19 heavy (non-hydrogen) atoms. The number of nitro benzene ring substituents is 1. The number of rotatable bonds is 2. The van der Waals surface area contributed by atoms with Crippen LogP contribution in [0.1, 0.15) is 0 Å². The second-order valence-electron chi connectivity index (χ2n) is 3.83. The first-order valence-corrected chi connectivity index (χ1v) is 5.33. The van der Waals surface area contributed by atoms with Gasteiger partial charge in [0, 0.05) is 17.7 Å². The summed E-state index contributed by atoms with van der Waals surface area (Å²) in [6.07, 6.45) is 1.20. The molecule has 3 aromatic rings. The van der Waals surface area contributed by atoms with Gasteiger partial charge in [-0.05, 0) is 18.2 Å². The Morgan fingerprint density at radius 2 is 1.95 bits per heavy atom. The molecule has 0 saturated heterocycles. The number of aromatic hydroxyl groups is 1. The van der Waals surface area contributed by atoms with Crippen molar-refractivity contribution in [2.75, 3.05) is 0 Å². The number of nitrogens with zero attached hydrogens (tertiary/aromatic N) is 3. The molecule has 0 saturated carbocycles. The second kappa shape index (κ2) is 4.05. The van der Waals surface area contributed by atoms with Crippen molar-refractivity contribution in [3.05, 3.63) is 46.8 Å². The minimum Gasteiger partial charge on any atom is -0.493 e. The normalized spacial score (nSPS) is 10.7. The molecule has 3 rings (SSSR count). The molecule has 0 unspecified atom stereocenters. The summed E-state index contributed by atoms with van der Waals surface area (Å²) in [5.74, 6) is 0.294. The quantitative estimate of drug-likeness (QED) is 0.558. The van der Waals surface area contributed by atoms with Gasteiger partial charge in [0.2, 0.25) is 11.6 Å². The smallest absolute Gasteiger partial charge is 0.269 e. The van der Waals surface area contributed by atoms with Gasteiger partial charge in [-0.1, -0.05) is 0 Å². The molecule has 0 aliphatic heterocycles. The van der Waals surface area contributed by atoms with E-state index in [2.05, 4.69) is 9.97 Å². The van der Waals surface area contributed by atoms with Crippen molar-refractivity contribution in [2.24, 2.45) is 0 Å². The fraction of sp³-hybridized carbons (Fsp3) is 0. The number of furan rings is 1. The number of fused-ring (bicyclic) bond motifs is 1. The molecule has 2 aromatic heterocycles. The molecular formula is C12H7N3O4. The van der Waals surface area contributed by atoms with Gasteiger partial charge in [0.1, 0.15) is 17.5 Å². The van der Waals surface area contributed by atoms with Crippen LogP contribution in [0, 0.1) is 10.1 Å². The average Bonchev–Trinajstić information content (AvgIpc) is 2.84. The summed E-state index contributed by atoms with van der Waals surface area (Å²) in [7, 11) is 0. The van der Waals surface area contributed by atoms with Crippen LogP contribution in [0.25, 0.3) is 22.4 Å². The third-order valence-corrected chi connectivity index (χ3v) is 2.67. The van der Waals surface area contributed by atoms with Gasteiger partial charge in [0.05, 0.1) is 4.92 Å². The molecule has 1 aromatic carbocycles. The molecule has 2 heterocycles. The van der Waals surface area contributed by atoms with Gasteiger partial charge >= 0.3 is 0 Å². The molecule has 0 bridgehead atoms. The lowest BCUT2D eigenvalue weighted by Crippen LogP contribution is -1.86. The van der Waals surface area contributed by atoms with Crippen molar-refractivity contribution in [2.45, 2.75) is 0 Å². The molecule has 0 aliphatic carbocycles. The van der Waals surface area contributed by atoms with E-state index in [0.717, 1.165) is 0 Å². The van der Waals surface area contributed by atoms with Gasteiger partial charge in [-0.15, -0.1) is 0 Å². The minimum atomic E-state index is -0.473. The lowest BCUT2D eigenvalue weighted by atomic mass is 10.1. The topological polar surface area (TPSA) is 102 Å². The molecule has 0 fully saturated rings. The van der Waals surface area contributed by atoms with Gasteiger partial charge in [0.25, 0.3) is 5.69 Å². The summed E-state index contributed by atoms with van der Waals surface area (Å²) in [6, 6.07) is 7.49. The van der Waals surface area contributed by atoms with Gasteiger partial charge < -0.3 is 9.52 Å². The third-order valence-electron chi connectivity index (χ3n) is 2.67. The predicted molar refractivity (Wildman–Crippen MR) is 65.6 cm³/mol. The zero-order valence-electron chi connectivity index (χ0n) is 9.48. The van der Waals surface area contributed by atoms with Crippen molar-refractivity contribution in [1.29, 1.82) is 0 Å². The molecule has 0 amide bonds. The largest absolute Gasteiger partial charge is 0.493 e. The first kappa shape index (κ1) is 11.1. The molecular weight excluding hydrogens is 250 g/mol. The maximum atomic E-state index is 10.6. The van der Waals surface area contributed by atoms with E-state index in [1.165, 1.54) is 18.5 Å². The zero-order valence-corrected chi connectivity index (χ0v) is 9.48. The summed E-state index contributed by atoms with van der Waals surface area (Å²) < 4.78 is 5.45. The van der Waals surface area contributed by atoms with Crippen LogP contribution >= 0.6 is 0 Å². The van der Waals surface area contributed by atoms with Gasteiger partial charge in [-0.2, -0.15) is 0 Å². The summed E-state index contributed by atoms with van der Waals surface area (Å²) in [4.78, 5) is 17.6. The molecule has 7 nitrogen and oxygen atoms in total. The SMILES string of the molecule is O=[N+]([O-])c1ccc(-c2cc3c(O)ncnc3o2)cc1. The summed E-state index contributed by atoms with van der Waals surface area (Å²) in [5.41, 5.74) is 0.923. The Labute approximate surface area is 106 Å². The number of hydrogen-bond donors (Lipinski definition) is 1. The highest BCUT2D eigenvalue weighted by Gasteiger charge is 2.12. The number of aromatic nitrogens is 2. The van der Waals surface area contributed by atoms with Crippen molar-refractivity contribution < 1.29 is 14.4 Å². The van der Waals surface area contributed by atoms with Crippen LogP contribution in [-0.2, 0) is 0 Å². The third kappa shape index (κ3) is 1.86. The van der Waals surface area contributed by atoms with E-state index in [1.807, 2.05) is 0 Å². The highest BCUT2D eigenvalue weighted by molar-refractivity contribution is 5.83. The van der Waals surface area contributed by atoms with E-state index in [1.54, 1.807) is 18.2 Å². The number of nitro groups is 1. The van der Waals surface area contributed by atoms with Gasteiger partial charge in [-0.25, -0.2) is 9.97 Å². The van der Waals surface area contributed by atoms with Crippen molar-refractivity contribution in [3.8, 4) is 17.2 Å². The lowest BCUT2D eigenvalue weighted by Gasteiger charge is -1.95. The number of hydrogen-bond acceptors (Lipinski definition) is 6. The Bertz CT molecular complexity index is 764. The predicted octanol–water partition coefficient (Wildman–Crippen LogP) is 2.50. The number of non-ortho nitro benzene ring substituents is 1. The molecule has 1 N–H and O–H groups in total. The monoisotopic (exact) mass is 257 g/mol. The summed E-state index contributed by atoms with van der Waals surface area (Å²) >= 11 is 0. The molecule has 7 heteroatoms. The van der Waals surface area contributed by atoms with Crippen molar-refractivity contribution in [1.82, 2.24) is 9.97 Å². The van der Waals surface area contributed by atoms with E-state index in [0.29, 0.717) is 16.7 Å². The molecule has 0 aliphatic rings. The van der Waals surface area contributed by atoms with Crippen molar-refractivity contribution >= 4 is 16.8 Å². The summed E-state index contributed by atoms with van der Waals surface area (Å²) in [6.45, 7) is 0. The Balaban J connectivity index is 2.09. The van der Waals surface area contributed by atoms with Crippen LogP contribution in [0.5, 0.6) is 5.88 Å². The van der Waals surface area contributed by atoms with Gasteiger partial charge in [-0.3, -0.25) is 10.1 Å². The maximum absolute atomic E-state index is 10.6. The van der Waals surface area contributed by atoms with Crippen LogP contribution in [0.15, 0.2) is 41.1 Å². The number of benzene rings is 1. The molecule has 0 radical (unpaired) electrons. The van der Waals surface area contributed by atoms with E-state index >= 15 is 0 Å². The van der Waals surface area contributed by atoms with Crippen LogP contribution in [0.2, 0.25) is 0 Å². The highest BCUT2D eigenvalue weighted by atomic mass is 16.6. The minimum absolute atomic E-state index is 0.00231. The van der Waals surface area contributed by atoms with E-state index in [9.17, 15) is 15.2 Å². The first-order valence-electron chi connectivity index (χ1n) is 5.33. The molecule has 0 atom stereocenters. The molecule has 94 valence electrons. The standard InChI is InChI=1S/C12H7N3O4/c16-11-9-5-10(19-12(9)14-6-13-11)7-1-3-8(4-2-7)15(17)18/h1-6H,(H,13,14,16). The fourth-order valence-electron chi connectivity index (χ4n) is 1.73. The van der Waals surface area contributed by atoms with Crippen LogP contribution < -0.4 is 0 Å².